The largest absolute Gasteiger partial charge is 0.374 e. The SMILES string of the molecule is Cl.NC1CCNc2nc(P(=O)(O)O)ccc21. The van der Waals surface area contributed by atoms with E-state index in [-0.39, 0.29) is 23.9 Å². The highest BCUT2D eigenvalue weighted by atomic mass is 35.5. The molecule has 90 valence electrons. The first kappa shape index (κ1) is 13.4. The highest BCUT2D eigenvalue weighted by Gasteiger charge is 2.23. The van der Waals surface area contributed by atoms with Crippen LogP contribution in [0.5, 0.6) is 0 Å². The van der Waals surface area contributed by atoms with Gasteiger partial charge in [-0.2, -0.15) is 0 Å². The molecule has 0 fully saturated rings. The summed E-state index contributed by atoms with van der Waals surface area (Å²) in [6.45, 7) is 0.672. The molecule has 1 unspecified atom stereocenters. The maximum Gasteiger partial charge on any atom is 0.374 e. The Labute approximate surface area is 98.8 Å². The first-order valence-corrected chi connectivity index (χ1v) is 6.16. The van der Waals surface area contributed by atoms with Gasteiger partial charge in [-0.05, 0) is 12.5 Å². The van der Waals surface area contributed by atoms with E-state index in [9.17, 15) is 4.57 Å². The molecule has 1 aliphatic rings. The van der Waals surface area contributed by atoms with Crippen LogP contribution in [-0.4, -0.2) is 21.3 Å². The Morgan fingerprint density at radius 3 is 2.81 bits per heavy atom. The number of aromatic nitrogens is 1. The van der Waals surface area contributed by atoms with Crippen molar-refractivity contribution < 1.29 is 14.4 Å². The summed E-state index contributed by atoms with van der Waals surface area (Å²) < 4.78 is 11.0. The second-order valence-electron chi connectivity index (χ2n) is 3.47. The molecule has 0 bridgehead atoms. The Kier molecular flexibility index (Phi) is 3.93. The number of nitrogens with zero attached hydrogens (tertiary/aromatic N) is 1. The minimum Gasteiger partial charge on any atom is -0.370 e. The number of anilines is 1. The van der Waals surface area contributed by atoms with E-state index < -0.39 is 7.60 Å². The summed E-state index contributed by atoms with van der Waals surface area (Å²) in [5, 5.41) is 2.97. The van der Waals surface area contributed by atoms with Crippen molar-refractivity contribution in [3.8, 4) is 0 Å². The van der Waals surface area contributed by atoms with Gasteiger partial charge in [-0.1, -0.05) is 6.07 Å². The van der Waals surface area contributed by atoms with Gasteiger partial charge < -0.3 is 20.8 Å². The summed E-state index contributed by atoms with van der Waals surface area (Å²) in [5.41, 5.74) is 6.42. The van der Waals surface area contributed by atoms with Crippen molar-refractivity contribution in [2.45, 2.75) is 12.5 Å². The third kappa shape index (κ3) is 2.53. The van der Waals surface area contributed by atoms with Crippen molar-refractivity contribution in [2.75, 3.05) is 11.9 Å². The number of nitrogens with one attached hydrogen (secondary N) is 1. The minimum atomic E-state index is -4.28. The van der Waals surface area contributed by atoms with E-state index in [1.807, 2.05) is 0 Å². The highest BCUT2D eigenvalue weighted by Crippen LogP contribution is 2.34. The number of hydrogen-bond acceptors (Lipinski definition) is 4. The molecule has 16 heavy (non-hydrogen) atoms. The second kappa shape index (κ2) is 4.69. The average Bonchev–Trinajstić information content (AvgIpc) is 2.16. The van der Waals surface area contributed by atoms with Crippen LogP contribution in [0.1, 0.15) is 18.0 Å². The third-order valence-corrected chi connectivity index (χ3v) is 3.20. The predicted octanol–water partition coefficient (Wildman–Crippen LogP) is 0.122. The maximum absolute atomic E-state index is 11.0. The Morgan fingerprint density at radius 1 is 1.50 bits per heavy atom. The van der Waals surface area contributed by atoms with Crippen LogP contribution in [0, 0.1) is 0 Å². The molecule has 1 aromatic rings. The van der Waals surface area contributed by atoms with Gasteiger partial charge in [-0.25, -0.2) is 4.98 Å². The number of halogens is 1. The summed E-state index contributed by atoms with van der Waals surface area (Å²) in [5.74, 6) is 0.481. The predicted molar refractivity (Wildman–Crippen MR) is 63.2 cm³/mol. The molecule has 0 aromatic carbocycles. The molecule has 0 aliphatic carbocycles. The van der Waals surface area contributed by atoms with Gasteiger partial charge in [0.15, 0.2) is 5.44 Å². The average molecular weight is 266 g/mol. The standard InChI is InChI=1S/C8H12N3O3P.ClH/c9-6-3-4-10-8-5(6)1-2-7(11-8)15(12,13)14;/h1-2,6H,3-4,9H2,(H,10,11)(H2,12,13,14);1H. The van der Waals surface area contributed by atoms with Crippen molar-refractivity contribution in [1.82, 2.24) is 4.98 Å². The van der Waals surface area contributed by atoms with Gasteiger partial charge in [0, 0.05) is 18.2 Å². The second-order valence-corrected chi connectivity index (χ2v) is 5.02. The summed E-state index contributed by atoms with van der Waals surface area (Å²) in [7, 11) is -4.28. The van der Waals surface area contributed by atoms with Crippen LogP contribution < -0.4 is 16.5 Å². The van der Waals surface area contributed by atoms with E-state index in [4.69, 9.17) is 15.5 Å². The van der Waals surface area contributed by atoms with Crippen LogP contribution in [0.15, 0.2) is 12.1 Å². The first-order valence-electron chi connectivity index (χ1n) is 4.55. The topological polar surface area (TPSA) is 108 Å². The van der Waals surface area contributed by atoms with Crippen molar-refractivity contribution in [3.05, 3.63) is 17.7 Å². The van der Waals surface area contributed by atoms with Crippen LogP contribution >= 0.6 is 20.0 Å². The molecule has 1 atom stereocenters. The van der Waals surface area contributed by atoms with Crippen LogP contribution in [0.25, 0.3) is 0 Å². The van der Waals surface area contributed by atoms with Gasteiger partial charge in [0.25, 0.3) is 0 Å². The molecule has 2 heterocycles. The zero-order valence-corrected chi connectivity index (χ0v) is 10.0. The van der Waals surface area contributed by atoms with E-state index in [2.05, 4.69) is 10.3 Å². The zero-order chi connectivity index (χ0) is 11.1. The molecule has 2 rings (SSSR count). The Morgan fingerprint density at radius 2 is 2.19 bits per heavy atom. The normalized spacial score (nSPS) is 19.3. The number of fused-ring (bicyclic) bond motifs is 1. The lowest BCUT2D eigenvalue weighted by Crippen LogP contribution is -2.25. The lowest BCUT2D eigenvalue weighted by atomic mass is 10.0. The smallest absolute Gasteiger partial charge is 0.370 e. The Hall–Kier alpha value is -0.650. The molecule has 8 heteroatoms. The monoisotopic (exact) mass is 265 g/mol. The van der Waals surface area contributed by atoms with Gasteiger partial charge in [-0.3, -0.25) is 4.57 Å². The number of nitrogens with two attached hydrogens (primary N) is 1. The van der Waals surface area contributed by atoms with Crippen molar-refractivity contribution in [2.24, 2.45) is 5.73 Å². The van der Waals surface area contributed by atoms with Gasteiger partial charge in [-0.15, -0.1) is 12.4 Å². The molecule has 6 nitrogen and oxygen atoms in total. The van der Waals surface area contributed by atoms with E-state index in [0.717, 1.165) is 12.0 Å². The summed E-state index contributed by atoms with van der Waals surface area (Å²) in [6, 6.07) is 2.83. The van der Waals surface area contributed by atoms with Crippen molar-refractivity contribution in [3.63, 3.8) is 0 Å². The highest BCUT2D eigenvalue weighted by molar-refractivity contribution is 7.60. The fourth-order valence-corrected chi connectivity index (χ4v) is 2.06. The molecule has 0 amide bonds. The van der Waals surface area contributed by atoms with Gasteiger partial charge in [0.2, 0.25) is 0 Å². The van der Waals surface area contributed by atoms with Crippen molar-refractivity contribution >= 4 is 31.3 Å². The Balaban J connectivity index is 0.00000128. The quantitative estimate of drug-likeness (QED) is 0.537. The van der Waals surface area contributed by atoms with Crippen LogP contribution in [0.4, 0.5) is 5.82 Å². The molecule has 1 aromatic heterocycles. The van der Waals surface area contributed by atoms with Gasteiger partial charge in [0.1, 0.15) is 5.82 Å². The molecule has 5 N–H and O–H groups in total. The number of hydrogen-bond donors (Lipinski definition) is 4. The summed E-state index contributed by atoms with van der Waals surface area (Å²) >= 11 is 0. The summed E-state index contributed by atoms with van der Waals surface area (Å²) in [6.07, 6.45) is 0.796. The lowest BCUT2D eigenvalue weighted by molar-refractivity contribution is 0.386. The lowest BCUT2D eigenvalue weighted by Gasteiger charge is -2.23. The third-order valence-electron chi connectivity index (χ3n) is 2.36. The first-order chi connectivity index (χ1) is 6.98. The van der Waals surface area contributed by atoms with Crippen LogP contribution in [0.3, 0.4) is 0 Å². The molecular formula is C8H13ClN3O3P. The van der Waals surface area contributed by atoms with Crippen LogP contribution in [-0.2, 0) is 4.57 Å². The van der Waals surface area contributed by atoms with E-state index in [1.165, 1.54) is 6.07 Å². The number of pyridine rings is 1. The number of rotatable bonds is 1. The van der Waals surface area contributed by atoms with Crippen molar-refractivity contribution in [1.29, 1.82) is 0 Å². The van der Waals surface area contributed by atoms with Crippen LogP contribution in [0.2, 0.25) is 0 Å². The van der Waals surface area contributed by atoms with E-state index in [0.29, 0.717) is 12.4 Å². The molecule has 0 saturated carbocycles. The fraction of sp³-hybridized carbons (Fsp3) is 0.375. The molecule has 0 spiro atoms. The van der Waals surface area contributed by atoms with Gasteiger partial charge in [0.05, 0.1) is 0 Å². The maximum atomic E-state index is 11.0. The van der Waals surface area contributed by atoms with E-state index >= 15 is 0 Å². The fourth-order valence-electron chi connectivity index (χ4n) is 1.56. The van der Waals surface area contributed by atoms with E-state index in [1.54, 1.807) is 6.07 Å². The molecular weight excluding hydrogens is 253 g/mol. The zero-order valence-electron chi connectivity index (χ0n) is 8.33. The van der Waals surface area contributed by atoms with Gasteiger partial charge >= 0.3 is 7.60 Å². The molecule has 1 aliphatic heterocycles. The molecule has 0 radical (unpaired) electrons. The Bertz CT molecular complexity index is 437. The summed E-state index contributed by atoms with van der Waals surface area (Å²) in [4.78, 5) is 21.8. The minimum absolute atomic E-state index is 0. The molecule has 0 saturated heterocycles.